The first kappa shape index (κ1) is 9.81. The third kappa shape index (κ3) is 2.20. The van der Waals surface area contributed by atoms with Crippen molar-refractivity contribution in [2.45, 2.75) is 25.9 Å². The van der Waals surface area contributed by atoms with E-state index in [1.54, 1.807) is 0 Å². The fraction of sp³-hybridized carbons (Fsp3) is 1.00. The van der Waals surface area contributed by atoms with Crippen LogP contribution < -0.4 is 5.32 Å². The second kappa shape index (κ2) is 4.20. The van der Waals surface area contributed by atoms with Crippen molar-refractivity contribution < 1.29 is 0 Å². The maximum atomic E-state index is 3.66. The minimum atomic E-state index is 0.722. The fourth-order valence-corrected chi connectivity index (χ4v) is 3.30. The molecule has 1 unspecified atom stereocenters. The quantitative estimate of drug-likeness (QED) is 0.681. The number of piperazine rings is 1. The highest BCUT2D eigenvalue weighted by molar-refractivity contribution is 7.99. The van der Waals surface area contributed by atoms with E-state index in [2.05, 4.69) is 35.8 Å². The van der Waals surface area contributed by atoms with Gasteiger partial charge in [-0.1, -0.05) is 13.8 Å². The average Bonchev–Trinajstić information content (AvgIpc) is 2.17. The minimum Gasteiger partial charge on any atom is -0.311 e. The number of thioether (sulfide) groups is 1. The predicted octanol–water partition coefficient (Wildman–Crippen LogP) is 1.03. The van der Waals surface area contributed by atoms with Crippen molar-refractivity contribution in [2.75, 3.05) is 31.1 Å². The summed E-state index contributed by atoms with van der Waals surface area (Å²) >= 11 is 2.11. The van der Waals surface area contributed by atoms with Gasteiger partial charge >= 0.3 is 0 Å². The molecule has 0 aliphatic carbocycles. The van der Waals surface area contributed by atoms with Gasteiger partial charge < -0.3 is 5.32 Å². The van der Waals surface area contributed by atoms with E-state index >= 15 is 0 Å². The molecule has 2 aliphatic heterocycles. The van der Waals surface area contributed by atoms with Crippen molar-refractivity contribution in [1.82, 2.24) is 10.2 Å². The number of fused-ring (bicyclic) bond motifs is 1. The summed E-state index contributed by atoms with van der Waals surface area (Å²) in [6.45, 7) is 8.41. The van der Waals surface area contributed by atoms with Crippen LogP contribution in [0.15, 0.2) is 0 Å². The highest BCUT2D eigenvalue weighted by Crippen LogP contribution is 2.20. The van der Waals surface area contributed by atoms with Crippen molar-refractivity contribution in [2.24, 2.45) is 5.92 Å². The number of nitrogens with zero attached hydrogens (tertiary/aromatic N) is 1. The summed E-state index contributed by atoms with van der Waals surface area (Å²) in [6, 6.07) is 1.54. The molecule has 0 bridgehead atoms. The van der Waals surface area contributed by atoms with E-state index in [1.165, 1.54) is 31.1 Å². The van der Waals surface area contributed by atoms with Crippen LogP contribution in [0.2, 0.25) is 0 Å². The standard InChI is InChI=1S/C10H20N2S/c1-8(2)10-6-12-3-4-13-7-9(12)5-11-10/h8-11H,3-7H2,1-2H3/t9?,10-/m0/s1. The summed E-state index contributed by atoms with van der Waals surface area (Å²) in [4.78, 5) is 2.68. The molecule has 0 amide bonds. The van der Waals surface area contributed by atoms with Gasteiger partial charge in [-0.05, 0) is 5.92 Å². The lowest BCUT2D eigenvalue weighted by Gasteiger charge is -2.44. The van der Waals surface area contributed by atoms with Gasteiger partial charge in [0, 0.05) is 43.2 Å². The Morgan fingerprint density at radius 3 is 3.08 bits per heavy atom. The smallest absolute Gasteiger partial charge is 0.0312 e. The maximum Gasteiger partial charge on any atom is 0.0312 e. The minimum absolute atomic E-state index is 0.722. The SMILES string of the molecule is CC(C)[C@@H]1CN2CCSCC2CN1. The van der Waals surface area contributed by atoms with Gasteiger partial charge in [-0.25, -0.2) is 0 Å². The Hall–Kier alpha value is 0.270. The monoisotopic (exact) mass is 200 g/mol. The summed E-state index contributed by atoms with van der Waals surface area (Å²) in [5, 5.41) is 3.66. The van der Waals surface area contributed by atoms with Gasteiger partial charge in [0.1, 0.15) is 0 Å². The zero-order valence-corrected chi connectivity index (χ0v) is 9.44. The molecule has 2 saturated heterocycles. The van der Waals surface area contributed by atoms with Crippen LogP contribution in [0.1, 0.15) is 13.8 Å². The third-order valence-electron chi connectivity index (χ3n) is 3.20. The Balaban J connectivity index is 1.91. The topological polar surface area (TPSA) is 15.3 Å². The largest absolute Gasteiger partial charge is 0.311 e. The van der Waals surface area contributed by atoms with Crippen LogP contribution in [0, 0.1) is 5.92 Å². The molecule has 2 nitrogen and oxygen atoms in total. The van der Waals surface area contributed by atoms with Gasteiger partial charge in [0.15, 0.2) is 0 Å². The molecule has 2 rings (SSSR count). The van der Waals surface area contributed by atoms with Gasteiger partial charge in [-0.2, -0.15) is 11.8 Å². The fourth-order valence-electron chi connectivity index (χ4n) is 2.17. The highest BCUT2D eigenvalue weighted by atomic mass is 32.2. The molecular weight excluding hydrogens is 180 g/mol. The summed E-state index contributed by atoms with van der Waals surface area (Å²) in [5.74, 6) is 3.44. The first-order valence-electron chi connectivity index (χ1n) is 5.32. The van der Waals surface area contributed by atoms with Crippen molar-refractivity contribution >= 4 is 11.8 Å². The van der Waals surface area contributed by atoms with Gasteiger partial charge in [0.2, 0.25) is 0 Å². The Morgan fingerprint density at radius 1 is 1.46 bits per heavy atom. The molecule has 76 valence electrons. The Morgan fingerprint density at radius 2 is 2.31 bits per heavy atom. The van der Waals surface area contributed by atoms with Crippen molar-refractivity contribution in [3.8, 4) is 0 Å². The van der Waals surface area contributed by atoms with Crippen LogP contribution in [0.5, 0.6) is 0 Å². The van der Waals surface area contributed by atoms with Crippen LogP contribution in [0.3, 0.4) is 0 Å². The first-order chi connectivity index (χ1) is 6.27. The van der Waals surface area contributed by atoms with Gasteiger partial charge in [0.05, 0.1) is 0 Å². The molecule has 0 radical (unpaired) electrons. The summed E-state index contributed by atoms with van der Waals surface area (Å²) < 4.78 is 0. The lowest BCUT2D eigenvalue weighted by molar-refractivity contribution is 0.129. The molecule has 1 N–H and O–H groups in total. The van der Waals surface area contributed by atoms with Crippen LogP contribution in [-0.2, 0) is 0 Å². The van der Waals surface area contributed by atoms with Gasteiger partial charge in [0.25, 0.3) is 0 Å². The number of hydrogen-bond donors (Lipinski definition) is 1. The molecule has 0 aromatic rings. The molecule has 2 aliphatic rings. The summed E-state index contributed by atoms with van der Waals surface area (Å²) in [6.07, 6.45) is 0. The molecule has 0 saturated carbocycles. The van der Waals surface area contributed by atoms with E-state index in [0.29, 0.717) is 0 Å². The highest BCUT2D eigenvalue weighted by Gasteiger charge is 2.30. The maximum absolute atomic E-state index is 3.66. The van der Waals surface area contributed by atoms with Crippen LogP contribution in [0.4, 0.5) is 0 Å². The number of nitrogens with one attached hydrogen (secondary N) is 1. The van der Waals surface area contributed by atoms with E-state index in [0.717, 1.165) is 18.0 Å². The molecule has 2 atom stereocenters. The molecule has 3 heteroatoms. The van der Waals surface area contributed by atoms with Gasteiger partial charge in [-0.3, -0.25) is 4.90 Å². The molecule has 2 heterocycles. The second-order valence-corrected chi connectivity index (χ2v) is 5.63. The number of rotatable bonds is 1. The predicted molar refractivity (Wildman–Crippen MR) is 59.3 cm³/mol. The van der Waals surface area contributed by atoms with Crippen molar-refractivity contribution in [3.63, 3.8) is 0 Å². The van der Waals surface area contributed by atoms with E-state index in [4.69, 9.17) is 0 Å². The Labute approximate surface area is 85.4 Å². The van der Waals surface area contributed by atoms with Crippen LogP contribution in [0.25, 0.3) is 0 Å². The van der Waals surface area contributed by atoms with E-state index in [9.17, 15) is 0 Å². The summed E-state index contributed by atoms with van der Waals surface area (Å²) in [7, 11) is 0. The van der Waals surface area contributed by atoms with E-state index < -0.39 is 0 Å². The number of hydrogen-bond acceptors (Lipinski definition) is 3. The first-order valence-corrected chi connectivity index (χ1v) is 6.48. The summed E-state index contributed by atoms with van der Waals surface area (Å²) in [5.41, 5.74) is 0. The normalized spacial score (nSPS) is 36.2. The lowest BCUT2D eigenvalue weighted by Crippen LogP contribution is -2.60. The van der Waals surface area contributed by atoms with Crippen molar-refractivity contribution in [1.29, 1.82) is 0 Å². The second-order valence-electron chi connectivity index (χ2n) is 4.48. The molecule has 0 aromatic carbocycles. The van der Waals surface area contributed by atoms with E-state index in [-0.39, 0.29) is 0 Å². The molecular formula is C10H20N2S. The van der Waals surface area contributed by atoms with Crippen molar-refractivity contribution in [3.05, 3.63) is 0 Å². The molecule has 0 aromatic heterocycles. The van der Waals surface area contributed by atoms with Crippen LogP contribution in [-0.4, -0.2) is 48.1 Å². The van der Waals surface area contributed by atoms with Crippen LogP contribution >= 0.6 is 11.8 Å². The Kier molecular flexibility index (Phi) is 3.17. The molecule has 0 spiro atoms. The Bertz CT molecular complexity index is 172. The molecule has 13 heavy (non-hydrogen) atoms. The molecule has 2 fully saturated rings. The zero-order chi connectivity index (χ0) is 9.26. The third-order valence-corrected chi connectivity index (χ3v) is 4.29. The lowest BCUT2D eigenvalue weighted by atomic mass is 10.00. The van der Waals surface area contributed by atoms with E-state index in [1.807, 2.05) is 0 Å². The average molecular weight is 200 g/mol. The zero-order valence-electron chi connectivity index (χ0n) is 8.62. The van der Waals surface area contributed by atoms with Gasteiger partial charge in [-0.15, -0.1) is 0 Å².